The zero-order valence-corrected chi connectivity index (χ0v) is 28.3. The van der Waals surface area contributed by atoms with Gasteiger partial charge in [-0.3, -0.25) is 14.5 Å². The van der Waals surface area contributed by atoms with Crippen LogP contribution in [0, 0.1) is 0 Å². The highest BCUT2D eigenvalue weighted by molar-refractivity contribution is 5.89. The summed E-state index contributed by atoms with van der Waals surface area (Å²) in [6.07, 6.45) is -0.841. The second kappa shape index (κ2) is 13.5. The molecule has 1 amide bonds. The molecule has 1 saturated heterocycles. The van der Waals surface area contributed by atoms with Gasteiger partial charge in [0.25, 0.3) is 0 Å². The van der Waals surface area contributed by atoms with Crippen LogP contribution in [0.3, 0.4) is 0 Å². The van der Waals surface area contributed by atoms with Crippen LogP contribution in [0.15, 0.2) is 115 Å². The van der Waals surface area contributed by atoms with Crippen LogP contribution in [0.1, 0.15) is 62.3 Å². The zero-order valence-electron chi connectivity index (χ0n) is 28.3. The highest BCUT2D eigenvalue weighted by atomic mass is 16.6. The average Bonchev–Trinajstić information content (AvgIpc) is 3.56. The van der Waals surface area contributed by atoms with Gasteiger partial charge in [-0.05, 0) is 49.9 Å². The number of nitrogens with one attached hydrogen (secondary N) is 2. The smallest absolute Gasteiger partial charge is 0.328 e. The summed E-state index contributed by atoms with van der Waals surface area (Å²) in [4.78, 5) is 42.5. The van der Waals surface area contributed by atoms with Crippen LogP contribution in [0.5, 0.6) is 0 Å². The van der Waals surface area contributed by atoms with Gasteiger partial charge in [-0.1, -0.05) is 109 Å². The van der Waals surface area contributed by atoms with Crippen molar-refractivity contribution in [1.82, 2.24) is 10.2 Å². The van der Waals surface area contributed by atoms with Crippen molar-refractivity contribution in [1.29, 1.82) is 0 Å². The van der Waals surface area contributed by atoms with Gasteiger partial charge in [-0.15, -0.1) is 0 Å². The number of carbonyl (C=O) groups excluding carboxylic acids is 3. The number of hydrogen-bond acceptors (Lipinski definition) is 8. The molecule has 3 N–H and O–H groups in total. The number of benzene rings is 4. The number of nitrogens with zero attached hydrogens (tertiary/aromatic N) is 1. The zero-order chi connectivity index (χ0) is 34.8. The molecule has 49 heavy (non-hydrogen) atoms. The van der Waals surface area contributed by atoms with E-state index in [4.69, 9.17) is 9.47 Å². The molecule has 0 saturated carbocycles. The summed E-state index contributed by atoms with van der Waals surface area (Å²) in [5, 5.41) is 19.2. The summed E-state index contributed by atoms with van der Waals surface area (Å²) in [5.74, 6) is -1.64. The van der Waals surface area contributed by atoms with E-state index in [2.05, 4.69) is 15.5 Å². The van der Waals surface area contributed by atoms with Crippen LogP contribution < -0.4 is 10.6 Å². The summed E-state index contributed by atoms with van der Waals surface area (Å²) in [6.45, 7) is 5.31. The van der Waals surface area contributed by atoms with Crippen molar-refractivity contribution in [2.75, 3.05) is 12.4 Å². The number of amides is 1. The minimum Gasteiger partial charge on any atom is -0.467 e. The number of fused-ring (bicyclic) bond motifs is 3. The van der Waals surface area contributed by atoms with Crippen LogP contribution in [-0.2, 0) is 35.0 Å². The third kappa shape index (κ3) is 6.32. The number of likely N-dealkylation sites (tertiary alicyclic amines) is 1. The quantitative estimate of drug-likeness (QED) is 0.151. The number of ether oxygens (including phenoxy) is 2. The van der Waals surface area contributed by atoms with Crippen LogP contribution >= 0.6 is 0 Å². The molecule has 1 fully saturated rings. The van der Waals surface area contributed by atoms with Gasteiger partial charge in [0.2, 0.25) is 5.91 Å². The maximum absolute atomic E-state index is 14.8. The SMILES string of the molecule is COC(=O)[C@H](CCC(=O)OC(C)(C)C)NC(=O)[C@@H]1C[C@@]2(O)c3ccccc3N[C@H]2N1C(c1ccccc1)(c1ccccc1)c1ccccc1. The number of carbonyl (C=O) groups is 3. The van der Waals surface area contributed by atoms with Crippen molar-refractivity contribution in [2.24, 2.45) is 0 Å². The van der Waals surface area contributed by atoms with Gasteiger partial charge in [0.05, 0.1) is 18.7 Å². The highest BCUT2D eigenvalue weighted by Gasteiger charge is 2.64. The third-order valence-corrected chi connectivity index (χ3v) is 9.38. The van der Waals surface area contributed by atoms with E-state index >= 15 is 0 Å². The molecule has 6 rings (SSSR count). The van der Waals surface area contributed by atoms with Gasteiger partial charge >= 0.3 is 11.9 Å². The number of hydrogen-bond donors (Lipinski definition) is 3. The molecule has 0 unspecified atom stereocenters. The predicted octanol–water partition coefficient (Wildman–Crippen LogP) is 5.47. The summed E-state index contributed by atoms with van der Waals surface area (Å²) in [7, 11) is 1.25. The van der Waals surface area contributed by atoms with E-state index < -0.39 is 52.8 Å². The normalized spacial score (nSPS) is 20.8. The Bertz CT molecular complexity index is 1700. The van der Waals surface area contributed by atoms with E-state index in [1.807, 2.05) is 115 Å². The van der Waals surface area contributed by atoms with Gasteiger partial charge in [-0.25, -0.2) is 4.79 Å². The molecule has 9 nitrogen and oxygen atoms in total. The molecular formula is C40H43N3O6. The van der Waals surface area contributed by atoms with Crippen molar-refractivity contribution < 1.29 is 29.0 Å². The molecule has 2 aliphatic heterocycles. The molecule has 0 spiro atoms. The summed E-state index contributed by atoms with van der Waals surface area (Å²) < 4.78 is 10.5. The topological polar surface area (TPSA) is 117 Å². The number of methoxy groups -OCH3 is 1. The molecule has 9 heteroatoms. The first-order valence-corrected chi connectivity index (χ1v) is 16.6. The van der Waals surface area contributed by atoms with Crippen molar-refractivity contribution in [3.05, 3.63) is 138 Å². The largest absolute Gasteiger partial charge is 0.467 e. The fourth-order valence-corrected chi connectivity index (χ4v) is 7.44. The molecule has 254 valence electrons. The molecular weight excluding hydrogens is 618 g/mol. The fraction of sp³-hybridized carbons (Fsp3) is 0.325. The summed E-state index contributed by atoms with van der Waals surface area (Å²) in [5.41, 5.74) is 0.888. The van der Waals surface area contributed by atoms with Crippen LogP contribution in [-0.4, -0.2) is 58.8 Å². The van der Waals surface area contributed by atoms with Crippen LogP contribution in [0.4, 0.5) is 5.69 Å². The number of esters is 2. The van der Waals surface area contributed by atoms with E-state index in [-0.39, 0.29) is 19.3 Å². The number of aliphatic hydroxyl groups is 1. The van der Waals surface area contributed by atoms with E-state index in [0.29, 0.717) is 5.56 Å². The third-order valence-electron chi connectivity index (χ3n) is 9.38. The number of anilines is 1. The monoisotopic (exact) mass is 661 g/mol. The molecule has 4 aromatic carbocycles. The Morgan fingerprint density at radius 2 is 1.37 bits per heavy atom. The van der Waals surface area contributed by atoms with Crippen molar-refractivity contribution in [3.63, 3.8) is 0 Å². The lowest BCUT2D eigenvalue weighted by molar-refractivity contribution is -0.155. The van der Waals surface area contributed by atoms with Gasteiger partial charge in [0.1, 0.15) is 23.4 Å². The van der Waals surface area contributed by atoms with E-state index in [1.54, 1.807) is 20.8 Å². The maximum atomic E-state index is 14.8. The molecule has 0 bridgehead atoms. The van der Waals surface area contributed by atoms with Crippen LogP contribution in [0.25, 0.3) is 0 Å². The first kappa shape index (κ1) is 33.9. The fourth-order valence-electron chi connectivity index (χ4n) is 7.44. The Balaban J connectivity index is 1.50. The van der Waals surface area contributed by atoms with Crippen LogP contribution in [0.2, 0.25) is 0 Å². The highest BCUT2D eigenvalue weighted by Crippen LogP contribution is 2.56. The minimum absolute atomic E-state index is 0.0178. The molecule has 4 atom stereocenters. The molecule has 0 aromatic heterocycles. The van der Waals surface area contributed by atoms with E-state index in [1.165, 1.54) is 7.11 Å². The molecule has 4 aromatic rings. The standard InChI is InChI=1S/C40H43N3O6/c1-38(2,3)49-34(44)25-24-32(36(46)48-4)41-35(45)33-26-39(47)30-22-14-15-23-31(30)42-37(39)43(33)40(27-16-8-5-9-17-27,28-18-10-6-11-19-28)29-20-12-7-13-21-29/h5-23,32-33,37,42,47H,24-26H2,1-4H3,(H,41,45)/t32-,33-,37-,39+/m0/s1. The second-order valence-electron chi connectivity index (χ2n) is 13.7. The van der Waals surface area contributed by atoms with Gasteiger partial charge in [-0.2, -0.15) is 0 Å². The lowest BCUT2D eigenvalue weighted by Crippen LogP contribution is -2.61. The minimum atomic E-state index is -1.47. The van der Waals surface area contributed by atoms with E-state index in [9.17, 15) is 19.5 Å². The van der Waals surface area contributed by atoms with Crippen molar-refractivity contribution >= 4 is 23.5 Å². The van der Waals surface area contributed by atoms with Crippen molar-refractivity contribution in [2.45, 2.75) is 75.0 Å². The molecule has 0 radical (unpaired) electrons. The molecule has 0 aliphatic carbocycles. The lowest BCUT2D eigenvalue weighted by Gasteiger charge is -2.48. The van der Waals surface area contributed by atoms with Gasteiger partial charge in [0, 0.05) is 24.1 Å². The van der Waals surface area contributed by atoms with E-state index in [0.717, 1.165) is 22.4 Å². The van der Waals surface area contributed by atoms with Gasteiger partial charge in [0.15, 0.2) is 0 Å². The Morgan fingerprint density at radius 1 is 0.857 bits per heavy atom. The second-order valence-corrected chi connectivity index (χ2v) is 13.7. The first-order chi connectivity index (χ1) is 23.5. The first-order valence-electron chi connectivity index (χ1n) is 16.6. The summed E-state index contributed by atoms with van der Waals surface area (Å²) >= 11 is 0. The van der Waals surface area contributed by atoms with Crippen molar-refractivity contribution in [3.8, 4) is 0 Å². The number of rotatable bonds is 10. The average molecular weight is 662 g/mol. The number of para-hydroxylation sites is 1. The summed E-state index contributed by atoms with van der Waals surface area (Å²) in [6, 6.07) is 35.4. The molecule has 2 heterocycles. The lowest BCUT2D eigenvalue weighted by atomic mass is 9.74. The predicted molar refractivity (Wildman–Crippen MR) is 186 cm³/mol. The Hall–Kier alpha value is -4.99. The van der Waals surface area contributed by atoms with Gasteiger partial charge < -0.3 is 25.2 Å². The Kier molecular flexibility index (Phi) is 9.33. The molecule has 2 aliphatic rings. The Labute approximate surface area is 287 Å². The Morgan fingerprint density at radius 3 is 1.88 bits per heavy atom. The maximum Gasteiger partial charge on any atom is 0.328 e.